The molecule has 0 bridgehead atoms. The van der Waals surface area contributed by atoms with Crippen molar-refractivity contribution < 1.29 is 17.9 Å². The number of hydrogen-bond acceptors (Lipinski definition) is 4. The van der Waals surface area contributed by atoms with Gasteiger partial charge in [0, 0.05) is 38.9 Å². The maximum absolute atomic E-state index is 11.8. The number of benzene rings is 1. The van der Waals surface area contributed by atoms with E-state index in [9.17, 15) is 13.2 Å². The second kappa shape index (κ2) is 8.76. The Morgan fingerprint density at radius 2 is 1.90 bits per heavy atom. The van der Waals surface area contributed by atoms with Gasteiger partial charge in [0.05, 0.1) is 6.26 Å². The Hall–Kier alpha value is -1.44. The summed E-state index contributed by atoms with van der Waals surface area (Å²) in [4.78, 5) is 11.8. The SMILES string of the molecule is COCCCN(CCNC(=O)c1ccccc1)S(C)(=O)=O. The lowest BCUT2D eigenvalue weighted by Gasteiger charge is -2.19. The van der Waals surface area contributed by atoms with Crippen LogP contribution >= 0.6 is 0 Å². The van der Waals surface area contributed by atoms with Gasteiger partial charge in [-0.15, -0.1) is 0 Å². The van der Waals surface area contributed by atoms with Crippen molar-refractivity contribution in [1.29, 1.82) is 0 Å². The summed E-state index contributed by atoms with van der Waals surface area (Å²) in [6.45, 7) is 1.41. The van der Waals surface area contributed by atoms with Crippen LogP contribution in [0, 0.1) is 0 Å². The highest BCUT2D eigenvalue weighted by atomic mass is 32.2. The van der Waals surface area contributed by atoms with E-state index in [2.05, 4.69) is 5.32 Å². The average molecular weight is 314 g/mol. The van der Waals surface area contributed by atoms with Crippen molar-refractivity contribution in [2.75, 3.05) is 39.6 Å². The van der Waals surface area contributed by atoms with Gasteiger partial charge in [0.2, 0.25) is 10.0 Å². The van der Waals surface area contributed by atoms with Crippen LogP contribution in [-0.2, 0) is 14.8 Å². The molecule has 1 N–H and O–H groups in total. The topological polar surface area (TPSA) is 75.7 Å². The average Bonchev–Trinajstić information content (AvgIpc) is 2.45. The molecule has 0 atom stereocenters. The summed E-state index contributed by atoms with van der Waals surface area (Å²) >= 11 is 0. The van der Waals surface area contributed by atoms with Gasteiger partial charge in [-0.3, -0.25) is 4.79 Å². The number of hydrogen-bond donors (Lipinski definition) is 1. The van der Waals surface area contributed by atoms with Crippen LogP contribution < -0.4 is 5.32 Å². The summed E-state index contributed by atoms with van der Waals surface area (Å²) in [6.07, 6.45) is 1.79. The van der Waals surface area contributed by atoms with Gasteiger partial charge in [0.25, 0.3) is 5.91 Å². The van der Waals surface area contributed by atoms with Crippen LogP contribution in [0.1, 0.15) is 16.8 Å². The molecule has 0 aliphatic rings. The molecule has 1 aromatic carbocycles. The van der Waals surface area contributed by atoms with Gasteiger partial charge in [-0.25, -0.2) is 12.7 Å². The van der Waals surface area contributed by atoms with E-state index in [1.54, 1.807) is 31.4 Å². The van der Waals surface area contributed by atoms with E-state index in [0.717, 1.165) is 0 Å². The van der Waals surface area contributed by atoms with Gasteiger partial charge >= 0.3 is 0 Å². The normalized spacial score (nSPS) is 11.6. The molecule has 0 aliphatic heterocycles. The zero-order valence-electron chi connectivity index (χ0n) is 12.4. The van der Waals surface area contributed by atoms with E-state index < -0.39 is 10.0 Å². The van der Waals surface area contributed by atoms with Gasteiger partial charge < -0.3 is 10.1 Å². The Kier molecular flexibility index (Phi) is 7.35. The molecule has 0 aliphatic carbocycles. The van der Waals surface area contributed by atoms with E-state index in [0.29, 0.717) is 25.1 Å². The van der Waals surface area contributed by atoms with Crippen LogP contribution in [0.25, 0.3) is 0 Å². The molecule has 0 spiro atoms. The summed E-state index contributed by atoms with van der Waals surface area (Å²) in [5, 5.41) is 2.72. The number of carbonyl (C=O) groups is 1. The van der Waals surface area contributed by atoms with Crippen molar-refractivity contribution in [1.82, 2.24) is 9.62 Å². The highest BCUT2D eigenvalue weighted by molar-refractivity contribution is 7.88. The fourth-order valence-corrected chi connectivity index (χ4v) is 2.70. The molecule has 0 aromatic heterocycles. The molecule has 0 saturated carbocycles. The zero-order valence-corrected chi connectivity index (χ0v) is 13.2. The highest BCUT2D eigenvalue weighted by Gasteiger charge is 2.16. The molecule has 0 saturated heterocycles. The molecule has 1 amide bonds. The van der Waals surface area contributed by atoms with Crippen molar-refractivity contribution in [3.8, 4) is 0 Å². The number of carbonyl (C=O) groups excluding carboxylic acids is 1. The van der Waals surface area contributed by atoms with Gasteiger partial charge in [0.1, 0.15) is 0 Å². The summed E-state index contributed by atoms with van der Waals surface area (Å²) < 4.78 is 29.5. The first-order valence-corrected chi connectivity index (χ1v) is 8.57. The molecule has 1 aromatic rings. The van der Waals surface area contributed by atoms with Crippen molar-refractivity contribution in [3.63, 3.8) is 0 Å². The van der Waals surface area contributed by atoms with Crippen molar-refractivity contribution in [3.05, 3.63) is 35.9 Å². The Balaban J connectivity index is 2.44. The number of nitrogens with zero attached hydrogens (tertiary/aromatic N) is 1. The second-order valence-electron chi connectivity index (χ2n) is 4.63. The molecule has 6 nitrogen and oxygen atoms in total. The smallest absolute Gasteiger partial charge is 0.251 e. The van der Waals surface area contributed by atoms with E-state index in [1.807, 2.05) is 6.07 Å². The lowest BCUT2D eigenvalue weighted by molar-refractivity contribution is 0.0951. The van der Waals surface area contributed by atoms with Crippen LogP contribution in [0.4, 0.5) is 0 Å². The third kappa shape index (κ3) is 6.70. The number of ether oxygens (including phenoxy) is 1. The minimum Gasteiger partial charge on any atom is -0.385 e. The number of sulfonamides is 1. The van der Waals surface area contributed by atoms with Crippen molar-refractivity contribution >= 4 is 15.9 Å². The third-order valence-electron chi connectivity index (χ3n) is 2.91. The van der Waals surface area contributed by atoms with Crippen LogP contribution in [0.5, 0.6) is 0 Å². The molecule has 0 radical (unpaired) electrons. The predicted molar refractivity (Wildman–Crippen MR) is 81.7 cm³/mol. The minimum absolute atomic E-state index is 0.207. The number of methoxy groups -OCH3 is 1. The summed E-state index contributed by atoms with van der Waals surface area (Å²) in [6, 6.07) is 8.81. The summed E-state index contributed by atoms with van der Waals surface area (Å²) in [5.41, 5.74) is 0.558. The monoisotopic (exact) mass is 314 g/mol. The number of rotatable bonds is 9. The minimum atomic E-state index is -3.28. The Labute approximate surface area is 126 Å². The molecular formula is C14H22N2O4S. The lowest BCUT2D eigenvalue weighted by atomic mass is 10.2. The third-order valence-corrected chi connectivity index (χ3v) is 4.21. The second-order valence-corrected chi connectivity index (χ2v) is 6.61. The van der Waals surface area contributed by atoms with Crippen molar-refractivity contribution in [2.24, 2.45) is 0 Å². The first-order valence-electron chi connectivity index (χ1n) is 6.72. The van der Waals surface area contributed by atoms with E-state index >= 15 is 0 Å². The maximum Gasteiger partial charge on any atom is 0.251 e. The van der Waals surface area contributed by atoms with Crippen LogP contribution in [0.2, 0.25) is 0 Å². The molecule has 118 valence electrons. The fraction of sp³-hybridized carbons (Fsp3) is 0.500. The van der Waals surface area contributed by atoms with E-state index in [1.165, 1.54) is 10.6 Å². The first-order chi connectivity index (χ1) is 9.95. The van der Waals surface area contributed by atoms with Gasteiger partial charge in [-0.05, 0) is 18.6 Å². The van der Waals surface area contributed by atoms with Crippen LogP contribution in [-0.4, -0.2) is 58.2 Å². The number of nitrogens with one attached hydrogen (secondary N) is 1. The van der Waals surface area contributed by atoms with E-state index in [4.69, 9.17) is 4.74 Å². The van der Waals surface area contributed by atoms with Crippen LogP contribution in [0.15, 0.2) is 30.3 Å². The van der Waals surface area contributed by atoms with Gasteiger partial charge in [0.15, 0.2) is 0 Å². The highest BCUT2D eigenvalue weighted by Crippen LogP contribution is 2.00. The summed E-state index contributed by atoms with van der Waals surface area (Å²) in [5.74, 6) is -0.207. The zero-order chi connectivity index (χ0) is 15.7. The van der Waals surface area contributed by atoms with Crippen molar-refractivity contribution in [2.45, 2.75) is 6.42 Å². The molecule has 0 unspecified atom stereocenters. The first kappa shape index (κ1) is 17.6. The molecule has 7 heteroatoms. The molecule has 0 fully saturated rings. The van der Waals surface area contributed by atoms with Gasteiger partial charge in [-0.2, -0.15) is 0 Å². The largest absolute Gasteiger partial charge is 0.385 e. The Morgan fingerprint density at radius 1 is 1.24 bits per heavy atom. The summed E-state index contributed by atoms with van der Waals surface area (Å²) in [7, 11) is -1.71. The molecular weight excluding hydrogens is 292 g/mol. The Morgan fingerprint density at radius 3 is 2.48 bits per heavy atom. The molecule has 21 heavy (non-hydrogen) atoms. The molecule has 0 heterocycles. The van der Waals surface area contributed by atoms with Crippen LogP contribution in [0.3, 0.4) is 0 Å². The van der Waals surface area contributed by atoms with Gasteiger partial charge in [-0.1, -0.05) is 18.2 Å². The van der Waals surface area contributed by atoms with E-state index in [-0.39, 0.29) is 19.0 Å². The molecule has 1 rings (SSSR count). The standard InChI is InChI=1S/C14H22N2O4S/c1-20-12-6-10-16(21(2,18)19)11-9-15-14(17)13-7-4-3-5-8-13/h3-5,7-8H,6,9-12H2,1-2H3,(H,15,17). The lowest BCUT2D eigenvalue weighted by Crippen LogP contribution is -2.38. The quantitative estimate of drug-likeness (QED) is 0.681. The number of amides is 1. The predicted octanol–water partition coefficient (Wildman–Crippen LogP) is 0.714. The Bertz CT molecular complexity index is 531. The maximum atomic E-state index is 11.8. The fourth-order valence-electron chi connectivity index (χ4n) is 1.81.